The number of carbonyl (C=O) groups is 1. The molecule has 0 saturated heterocycles. The van der Waals surface area contributed by atoms with Crippen molar-refractivity contribution in [2.75, 3.05) is 37.5 Å². The Morgan fingerprint density at radius 3 is 2.57 bits per heavy atom. The molecule has 0 saturated carbocycles. The van der Waals surface area contributed by atoms with Crippen LogP contribution in [-0.4, -0.2) is 43.0 Å². The third kappa shape index (κ3) is 4.56. The molecule has 0 bridgehead atoms. The molecule has 0 atom stereocenters. The summed E-state index contributed by atoms with van der Waals surface area (Å²) in [6.45, 7) is 2.49. The predicted molar refractivity (Wildman–Crippen MR) is 81.0 cm³/mol. The maximum absolute atomic E-state index is 13.1. The van der Waals surface area contributed by atoms with E-state index in [1.807, 2.05) is 6.26 Å². The number of para-hydroxylation sites is 1. The largest absolute Gasteiger partial charge is 0.418 e. The molecule has 0 unspecified atom stereocenters. The first-order chi connectivity index (χ1) is 9.82. The molecule has 0 radical (unpaired) electrons. The van der Waals surface area contributed by atoms with Gasteiger partial charge in [0.05, 0.1) is 16.8 Å². The molecule has 0 aromatic heterocycles. The Kier molecular flexibility index (Phi) is 6.39. The van der Waals surface area contributed by atoms with E-state index in [9.17, 15) is 18.0 Å². The Labute approximate surface area is 126 Å². The van der Waals surface area contributed by atoms with Gasteiger partial charge in [-0.1, -0.05) is 6.07 Å². The van der Waals surface area contributed by atoms with E-state index < -0.39 is 17.6 Å². The van der Waals surface area contributed by atoms with Crippen molar-refractivity contribution in [3.8, 4) is 0 Å². The van der Waals surface area contributed by atoms with Crippen molar-refractivity contribution in [1.82, 2.24) is 4.90 Å². The highest BCUT2D eigenvalue weighted by atomic mass is 32.2. The maximum atomic E-state index is 13.1. The maximum Gasteiger partial charge on any atom is 0.418 e. The van der Waals surface area contributed by atoms with E-state index in [2.05, 4.69) is 5.32 Å². The molecule has 0 fully saturated rings. The zero-order valence-corrected chi connectivity index (χ0v) is 13.1. The smallest absolute Gasteiger partial charge is 0.384 e. The van der Waals surface area contributed by atoms with Gasteiger partial charge in [0, 0.05) is 25.9 Å². The fraction of sp³-hybridized carbons (Fsp3) is 0.500. The van der Waals surface area contributed by atoms with Crippen LogP contribution in [0.1, 0.15) is 22.8 Å². The van der Waals surface area contributed by atoms with E-state index in [0.717, 1.165) is 11.8 Å². The Hall–Kier alpha value is -1.37. The SMILES string of the molecule is CCNc1c(C(=O)N(C)CCSC)cccc1C(F)(F)F. The van der Waals surface area contributed by atoms with Gasteiger partial charge in [-0.05, 0) is 25.3 Å². The van der Waals surface area contributed by atoms with Crippen LogP contribution in [0, 0.1) is 0 Å². The highest BCUT2D eigenvalue weighted by Gasteiger charge is 2.35. The number of benzene rings is 1. The zero-order valence-electron chi connectivity index (χ0n) is 12.3. The van der Waals surface area contributed by atoms with Gasteiger partial charge in [0.15, 0.2) is 0 Å². The number of anilines is 1. The lowest BCUT2D eigenvalue weighted by Crippen LogP contribution is -2.30. The lowest BCUT2D eigenvalue weighted by molar-refractivity contribution is -0.137. The van der Waals surface area contributed by atoms with Crippen molar-refractivity contribution in [3.63, 3.8) is 0 Å². The van der Waals surface area contributed by atoms with Gasteiger partial charge >= 0.3 is 6.18 Å². The minimum Gasteiger partial charge on any atom is -0.384 e. The average molecular weight is 320 g/mol. The van der Waals surface area contributed by atoms with Crippen LogP contribution < -0.4 is 5.32 Å². The molecular formula is C14H19F3N2OS. The molecule has 1 aromatic carbocycles. The van der Waals surface area contributed by atoms with E-state index >= 15 is 0 Å². The molecular weight excluding hydrogens is 301 g/mol. The minimum atomic E-state index is -4.49. The average Bonchev–Trinajstić information content (AvgIpc) is 2.43. The summed E-state index contributed by atoms with van der Waals surface area (Å²) in [6.07, 6.45) is -2.59. The summed E-state index contributed by atoms with van der Waals surface area (Å²) < 4.78 is 39.2. The molecule has 7 heteroatoms. The molecule has 0 aliphatic heterocycles. The van der Waals surface area contributed by atoms with E-state index in [-0.39, 0.29) is 11.3 Å². The van der Waals surface area contributed by atoms with Crippen LogP contribution in [0.25, 0.3) is 0 Å². The lowest BCUT2D eigenvalue weighted by atomic mass is 10.1. The molecule has 0 aliphatic carbocycles. The molecule has 21 heavy (non-hydrogen) atoms. The van der Waals surface area contributed by atoms with Gasteiger partial charge in [0.1, 0.15) is 0 Å². The van der Waals surface area contributed by atoms with Gasteiger partial charge in [0.2, 0.25) is 0 Å². The monoisotopic (exact) mass is 320 g/mol. The second-order valence-electron chi connectivity index (χ2n) is 4.48. The Bertz CT molecular complexity index is 492. The molecule has 1 amide bonds. The van der Waals surface area contributed by atoms with Gasteiger partial charge < -0.3 is 10.2 Å². The van der Waals surface area contributed by atoms with Crippen molar-refractivity contribution in [3.05, 3.63) is 29.3 Å². The van der Waals surface area contributed by atoms with E-state index in [4.69, 9.17) is 0 Å². The Morgan fingerprint density at radius 2 is 2.05 bits per heavy atom. The second-order valence-corrected chi connectivity index (χ2v) is 5.46. The number of hydrogen-bond donors (Lipinski definition) is 1. The number of carbonyl (C=O) groups excluding carboxylic acids is 1. The highest BCUT2D eigenvalue weighted by molar-refractivity contribution is 7.98. The Balaban J connectivity index is 3.20. The predicted octanol–water partition coefficient (Wildman–Crippen LogP) is 3.57. The standard InChI is InChI=1S/C14H19F3N2OS/c1-4-18-12-10(13(20)19(2)8-9-21-3)6-5-7-11(12)14(15,16)17/h5-7,18H,4,8-9H2,1-3H3. The quantitative estimate of drug-likeness (QED) is 0.869. The normalized spacial score (nSPS) is 11.3. The second kappa shape index (κ2) is 7.59. The number of nitrogens with one attached hydrogen (secondary N) is 1. The minimum absolute atomic E-state index is 0.0512. The van der Waals surface area contributed by atoms with Crippen molar-refractivity contribution in [2.24, 2.45) is 0 Å². The van der Waals surface area contributed by atoms with E-state index in [1.165, 1.54) is 17.0 Å². The summed E-state index contributed by atoms with van der Waals surface area (Å²) in [5, 5.41) is 2.67. The molecule has 0 heterocycles. The number of thioether (sulfide) groups is 1. The number of nitrogens with zero attached hydrogens (tertiary/aromatic N) is 1. The molecule has 1 rings (SSSR count). The number of alkyl halides is 3. The third-order valence-corrected chi connectivity index (χ3v) is 3.52. The van der Waals surface area contributed by atoms with Gasteiger partial charge in [-0.15, -0.1) is 0 Å². The summed E-state index contributed by atoms with van der Waals surface area (Å²) in [4.78, 5) is 13.8. The first kappa shape index (κ1) is 17.7. The van der Waals surface area contributed by atoms with Crippen molar-refractivity contribution in [2.45, 2.75) is 13.1 Å². The summed E-state index contributed by atoms with van der Waals surface area (Å²) in [6, 6.07) is 3.67. The van der Waals surface area contributed by atoms with E-state index in [0.29, 0.717) is 13.1 Å². The number of hydrogen-bond acceptors (Lipinski definition) is 3. The highest BCUT2D eigenvalue weighted by Crippen LogP contribution is 2.36. The zero-order chi connectivity index (χ0) is 16.0. The van der Waals surface area contributed by atoms with Gasteiger partial charge in [0.25, 0.3) is 5.91 Å². The first-order valence-corrected chi connectivity index (χ1v) is 7.90. The lowest BCUT2D eigenvalue weighted by Gasteiger charge is -2.21. The van der Waals surface area contributed by atoms with Crippen LogP contribution in [-0.2, 0) is 6.18 Å². The van der Waals surface area contributed by atoms with Crippen LogP contribution >= 0.6 is 11.8 Å². The molecule has 1 aromatic rings. The van der Waals surface area contributed by atoms with Crippen molar-refractivity contribution in [1.29, 1.82) is 0 Å². The van der Waals surface area contributed by atoms with Crippen molar-refractivity contribution >= 4 is 23.4 Å². The van der Waals surface area contributed by atoms with E-state index in [1.54, 1.807) is 25.7 Å². The van der Waals surface area contributed by atoms with Gasteiger partial charge in [-0.25, -0.2) is 0 Å². The summed E-state index contributed by atoms with van der Waals surface area (Å²) in [5.74, 6) is 0.323. The van der Waals surface area contributed by atoms with Crippen LogP contribution in [0.4, 0.5) is 18.9 Å². The summed E-state index contributed by atoms with van der Waals surface area (Å²) in [7, 11) is 1.59. The van der Waals surface area contributed by atoms with Gasteiger partial charge in [-0.3, -0.25) is 4.79 Å². The summed E-state index contributed by atoms with van der Waals surface area (Å²) in [5.41, 5.74) is -0.905. The number of halogens is 3. The first-order valence-electron chi connectivity index (χ1n) is 6.51. The number of amides is 1. The van der Waals surface area contributed by atoms with Crippen LogP contribution in [0.5, 0.6) is 0 Å². The van der Waals surface area contributed by atoms with Crippen LogP contribution in [0.15, 0.2) is 18.2 Å². The molecule has 118 valence electrons. The molecule has 1 N–H and O–H groups in total. The number of rotatable bonds is 6. The van der Waals surface area contributed by atoms with Crippen LogP contribution in [0.3, 0.4) is 0 Å². The molecule has 0 aliphatic rings. The fourth-order valence-corrected chi connectivity index (χ4v) is 2.33. The third-order valence-electron chi connectivity index (χ3n) is 2.93. The topological polar surface area (TPSA) is 32.3 Å². The van der Waals surface area contributed by atoms with Crippen LogP contribution in [0.2, 0.25) is 0 Å². The summed E-state index contributed by atoms with van der Waals surface area (Å²) >= 11 is 1.57. The molecule has 0 spiro atoms. The van der Waals surface area contributed by atoms with Crippen molar-refractivity contribution < 1.29 is 18.0 Å². The molecule has 3 nitrogen and oxygen atoms in total. The Morgan fingerprint density at radius 1 is 1.38 bits per heavy atom. The van der Waals surface area contributed by atoms with Gasteiger partial charge in [-0.2, -0.15) is 24.9 Å². The fourth-order valence-electron chi connectivity index (χ4n) is 1.87.